The van der Waals surface area contributed by atoms with Crippen LogP contribution in [0.25, 0.3) is 0 Å². The van der Waals surface area contributed by atoms with Crippen molar-refractivity contribution in [3.63, 3.8) is 0 Å². The number of methoxy groups -OCH3 is 1. The second kappa shape index (κ2) is 11.9. The van der Waals surface area contributed by atoms with Crippen molar-refractivity contribution >= 4 is 20.4 Å². The Morgan fingerprint density at radius 2 is 1.63 bits per heavy atom. The van der Waals surface area contributed by atoms with E-state index in [2.05, 4.69) is 51.3 Å². The van der Waals surface area contributed by atoms with E-state index in [1.165, 1.54) is 7.11 Å². The largest absolute Gasteiger partial charge is 0.469 e. The predicted octanol–water partition coefficient (Wildman–Crippen LogP) is 6.49. The van der Waals surface area contributed by atoms with Crippen LogP contribution in [0.2, 0.25) is 18.1 Å². The first-order valence-corrected chi connectivity index (χ1v) is 15.8. The molecule has 1 fully saturated rings. The molecule has 0 aliphatic heterocycles. The van der Waals surface area contributed by atoms with Gasteiger partial charge in [-0.05, 0) is 69.6 Å². The standard InChI is InChI=1S/C28H47NO5Si/c1-27(2,3)33-26(31)29-23(19-20-15-11-10-12-16-20)24(34-35(8,9)28(4,5)6)21-17-13-14-18-22(21)25(30)32-7/h10-12,15-16,21-24H,13-14,17-19H2,1-9H3,(H,29,31). The van der Waals surface area contributed by atoms with Gasteiger partial charge in [-0.1, -0.05) is 63.9 Å². The van der Waals surface area contributed by atoms with E-state index in [0.717, 1.165) is 31.2 Å². The van der Waals surface area contributed by atoms with Crippen molar-refractivity contribution in [3.8, 4) is 0 Å². The number of rotatable bonds is 8. The third-order valence-electron chi connectivity index (χ3n) is 7.38. The molecule has 1 saturated carbocycles. The number of hydrogen-bond donors (Lipinski definition) is 1. The van der Waals surface area contributed by atoms with Crippen LogP contribution in [0.3, 0.4) is 0 Å². The average molecular weight is 506 g/mol. The first kappa shape index (κ1) is 29.4. The van der Waals surface area contributed by atoms with Crippen molar-refractivity contribution < 1.29 is 23.5 Å². The topological polar surface area (TPSA) is 73.9 Å². The molecule has 7 heteroatoms. The van der Waals surface area contributed by atoms with Crippen LogP contribution in [-0.4, -0.2) is 45.2 Å². The lowest BCUT2D eigenvalue weighted by molar-refractivity contribution is -0.151. The summed E-state index contributed by atoms with van der Waals surface area (Å²) in [6.07, 6.45) is 3.44. The minimum Gasteiger partial charge on any atom is -0.469 e. The van der Waals surface area contributed by atoms with Gasteiger partial charge < -0.3 is 19.2 Å². The number of hydrogen-bond acceptors (Lipinski definition) is 5. The molecule has 0 bridgehead atoms. The van der Waals surface area contributed by atoms with Gasteiger partial charge in [0.05, 0.1) is 25.2 Å². The van der Waals surface area contributed by atoms with Gasteiger partial charge in [-0.25, -0.2) is 4.79 Å². The summed E-state index contributed by atoms with van der Waals surface area (Å²) in [7, 11) is -0.792. The van der Waals surface area contributed by atoms with E-state index in [1.54, 1.807) is 0 Å². The van der Waals surface area contributed by atoms with Crippen molar-refractivity contribution in [2.24, 2.45) is 11.8 Å². The summed E-state index contributed by atoms with van der Waals surface area (Å²) in [4.78, 5) is 25.9. The van der Waals surface area contributed by atoms with Crippen LogP contribution in [0.1, 0.15) is 72.8 Å². The van der Waals surface area contributed by atoms with Gasteiger partial charge in [-0.3, -0.25) is 4.79 Å². The summed E-state index contributed by atoms with van der Waals surface area (Å²) in [5.74, 6) is -0.481. The van der Waals surface area contributed by atoms with E-state index in [0.29, 0.717) is 6.42 Å². The highest BCUT2D eigenvalue weighted by molar-refractivity contribution is 6.74. The molecule has 0 spiro atoms. The smallest absolute Gasteiger partial charge is 0.407 e. The Balaban J connectivity index is 2.52. The van der Waals surface area contributed by atoms with E-state index in [9.17, 15) is 9.59 Å². The lowest BCUT2D eigenvalue weighted by Crippen LogP contribution is -2.57. The Morgan fingerprint density at radius 1 is 1.03 bits per heavy atom. The maximum atomic E-state index is 13.0. The molecule has 198 valence electrons. The van der Waals surface area contributed by atoms with E-state index in [1.807, 2.05) is 39.0 Å². The summed E-state index contributed by atoms with van der Waals surface area (Å²) in [6, 6.07) is 9.76. The first-order valence-electron chi connectivity index (χ1n) is 12.9. The molecule has 1 aromatic carbocycles. The van der Waals surface area contributed by atoms with Gasteiger partial charge in [0.15, 0.2) is 8.32 Å². The lowest BCUT2D eigenvalue weighted by Gasteiger charge is -2.46. The van der Waals surface area contributed by atoms with Gasteiger partial charge in [0.1, 0.15) is 5.60 Å². The molecule has 0 radical (unpaired) electrons. The Hall–Kier alpha value is -1.86. The van der Waals surface area contributed by atoms with Crippen LogP contribution in [0.5, 0.6) is 0 Å². The van der Waals surface area contributed by atoms with Crippen LogP contribution in [0, 0.1) is 11.8 Å². The molecule has 0 saturated heterocycles. The van der Waals surface area contributed by atoms with Gasteiger partial charge in [0.25, 0.3) is 0 Å². The van der Waals surface area contributed by atoms with E-state index in [4.69, 9.17) is 13.9 Å². The SMILES string of the molecule is COC(=O)C1CCCCC1C(O[Si](C)(C)C(C)(C)C)C(Cc1ccccc1)NC(=O)OC(C)(C)C. The second-order valence-electron chi connectivity index (χ2n) is 12.4. The molecule has 1 amide bonds. The van der Waals surface area contributed by atoms with Gasteiger partial charge in [-0.2, -0.15) is 0 Å². The summed E-state index contributed by atoms with van der Waals surface area (Å²) >= 11 is 0. The highest BCUT2D eigenvalue weighted by Crippen LogP contribution is 2.42. The molecule has 1 aliphatic carbocycles. The zero-order chi connectivity index (χ0) is 26.4. The molecule has 35 heavy (non-hydrogen) atoms. The third-order valence-corrected chi connectivity index (χ3v) is 11.9. The van der Waals surface area contributed by atoms with Crippen molar-refractivity contribution in [3.05, 3.63) is 35.9 Å². The normalized spacial score (nSPS) is 21.1. The number of esters is 1. The highest BCUT2D eigenvalue weighted by Gasteiger charge is 2.47. The fourth-order valence-corrected chi connectivity index (χ4v) is 5.93. The fraction of sp³-hybridized carbons (Fsp3) is 0.714. The zero-order valence-corrected chi connectivity index (χ0v) is 24.3. The molecule has 6 nitrogen and oxygen atoms in total. The van der Waals surface area contributed by atoms with Gasteiger partial charge in [0, 0.05) is 0 Å². The van der Waals surface area contributed by atoms with Crippen molar-refractivity contribution in [2.45, 2.75) is 110 Å². The van der Waals surface area contributed by atoms with Crippen LogP contribution in [0.15, 0.2) is 30.3 Å². The quantitative estimate of drug-likeness (QED) is 0.323. The number of alkyl carbamates (subject to hydrolysis) is 1. The Morgan fingerprint density at radius 3 is 2.17 bits per heavy atom. The van der Waals surface area contributed by atoms with Crippen LogP contribution in [0.4, 0.5) is 4.79 Å². The second-order valence-corrected chi connectivity index (χ2v) is 17.1. The molecular formula is C28H47NO5Si. The molecule has 0 aromatic heterocycles. The minimum absolute atomic E-state index is 0.0239. The molecule has 1 N–H and O–H groups in total. The highest BCUT2D eigenvalue weighted by atomic mass is 28.4. The Kier molecular flexibility index (Phi) is 10.00. The molecule has 1 aliphatic rings. The van der Waals surface area contributed by atoms with E-state index >= 15 is 0 Å². The van der Waals surface area contributed by atoms with Crippen molar-refractivity contribution in [1.29, 1.82) is 0 Å². The van der Waals surface area contributed by atoms with Gasteiger partial charge >= 0.3 is 12.1 Å². The number of nitrogens with one attached hydrogen (secondary N) is 1. The number of benzene rings is 1. The number of ether oxygens (including phenoxy) is 2. The van der Waals surface area contributed by atoms with Crippen LogP contribution in [-0.2, 0) is 25.1 Å². The van der Waals surface area contributed by atoms with Gasteiger partial charge in [0.2, 0.25) is 0 Å². The molecule has 2 rings (SSSR count). The maximum Gasteiger partial charge on any atom is 0.407 e. The molecule has 4 unspecified atom stereocenters. The summed E-state index contributed by atoms with van der Waals surface area (Å²) in [5, 5.41) is 3.13. The lowest BCUT2D eigenvalue weighted by atomic mass is 9.73. The van der Waals surface area contributed by atoms with E-state index < -0.39 is 20.0 Å². The monoisotopic (exact) mass is 505 g/mol. The van der Waals surface area contributed by atoms with Crippen LogP contribution < -0.4 is 5.32 Å². The number of amides is 1. The maximum absolute atomic E-state index is 13.0. The minimum atomic E-state index is -2.25. The molecule has 0 heterocycles. The Labute approximate surface area is 213 Å². The van der Waals surface area contributed by atoms with Gasteiger partial charge in [-0.15, -0.1) is 0 Å². The number of carbonyl (C=O) groups excluding carboxylic acids is 2. The summed E-state index contributed by atoms with van der Waals surface area (Å²) in [6.45, 7) is 16.7. The molecular weight excluding hydrogens is 458 g/mol. The van der Waals surface area contributed by atoms with Crippen molar-refractivity contribution in [2.75, 3.05) is 7.11 Å². The van der Waals surface area contributed by atoms with Crippen LogP contribution >= 0.6 is 0 Å². The zero-order valence-electron chi connectivity index (χ0n) is 23.3. The molecule has 4 atom stereocenters. The first-order chi connectivity index (χ1) is 16.1. The molecule has 1 aromatic rings. The summed E-state index contributed by atoms with van der Waals surface area (Å²) in [5.41, 5.74) is 0.485. The van der Waals surface area contributed by atoms with E-state index in [-0.39, 0.29) is 35.0 Å². The number of carbonyl (C=O) groups is 2. The predicted molar refractivity (Wildman–Crippen MR) is 143 cm³/mol. The third kappa shape index (κ3) is 8.64. The Bertz CT molecular complexity index is 828. The fourth-order valence-electron chi connectivity index (χ4n) is 4.56. The van der Waals surface area contributed by atoms with Crippen molar-refractivity contribution in [1.82, 2.24) is 5.32 Å². The summed E-state index contributed by atoms with van der Waals surface area (Å²) < 4.78 is 18.0. The average Bonchev–Trinajstić information content (AvgIpc) is 2.75.